The van der Waals surface area contributed by atoms with E-state index >= 15 is 0 Å². The minimum atomic E-state index is -0.375. The van der Waals surface area contributed by atoms with Crippen LogP contribution in [-0.4, -0.2) is 18.1 Å². The molecule has 0 radical (unpaired) electrons. The first kappa shape index (κ1) is 20.6. The molecule has 1 heterocycles. The van der Waals surface area contributed by atoms with Gasteiger partial charge in [0.25, 0.3) is 0 Å². The first-order valence-electron chi connectivity index (χ1n) is 10.7. The lowest BCUT2D eigenvalue weighted by atomic mass is 9.95. The van der Waals surface area contributed by atoms with E-state index < -0.39 is 0 Å². The van der Waals surface area contributed by atoms with Gasteiger partial charge < -0.3 is 4.90 Å². The summed E-state index contributed by atoms with van der Waals surface area (Å²) >= 11 is 0. The van der Waals surface area contributed by atoms with Gasteiger partial charge in [-0.1, -0.05) is 68.7 Å². The number of hydrogen-bond donors (Lipinski definition) is 0. The van der Waals surface area contributed by atoms with Crippen LogP contribution in [0.25, 0.3) is 5.57 Å². The highest BCUT2D eigenvalue weighted by Gasteiger charge is 2.35. The molecule has 0 amide bonds. The molecular formula is C27H24N2O2. The zero-order valence-corrected chi connectivity index (χ0v) is 17.6. The molecule has 0 atom stereocenters. The summed E-state index contributed by atoms with van der Waals surface area (Å²) in [6, 6.07) is 16.9. The van der Waals surface area contributed by atoms with Gasteiger partial charge in [0.1, 0.15) is 6.07 Å². The van der Waals surface area contributed by atoms with Gasteiger partial charge in [-0.05, 0) is 30.2 Å². The monoisotopic (exact) mass is 408 g/mol. The predicted molar refractivity (Wildman–Crippen MR) is 123 cm³/mol. The van der Waals surface area contributed by atoms with Gasteiger partial charge in [0, 0.05) is 35.1 Å². The third-order valence-electron chi connectivity index (χ3n) is 5.77. The molecule has 0 unspecified atom stereocenters. The number of unbranched alkanes of at least 4 members (excludes halogenated alkanes) is 3. The standard InChI is InChI=1S/C27H24N2O2/c1-2-3-4-9-15-29-16-14-19(21-10-7-8-13-24(21)29)17-20(18-28)25-26(30)22-11-5-6-12-23(22)27(25)31/h5-8,10-14,16-17H,2-4,9,15H2,1H3/b19-17+. The first-order valence-corrected chi connectivity index (χ1v) is 10.7. The lowest BCUT2D eigenvalue weighted by molar-refractivity contribution is 0.0988. The summed E-state index contributed by atoms with van der Waals surface area (Å²) in [5.74, 6) is -0.751. The maximum absolute atomic E-state index is 12.8. The third kappa shape index (κ3) is 3.87. The van der Waals surface area contributed by atoms with Gasteiger partial charge in [0.2, 0.25) is 0 Å². The molecule has 1 aliphatic carbocycles. The van der Waals surface area contributed by atoms with E-state index in [-0.39, 0.29) is 22.7 Å². The molecule has 0 fully saturated rings. The highest BCUT2D eigenvalue weighted by atomic mass is 16.2. The minimum Gasteiger partial charge on any atom is -0.347 e. The lowest BCUT2D eigenvalue weighted by Crippen LogP contribution is -2.21. The van der Waals surface area contributed by atoms with E-state index in [0.717, 1.165) is 29.8 Å². The molecule has 4 heteroatoms. The van der Waals surface area contributed by atoms with E-state index in [4.69, 9.17) is 0 Å². The Hall–Kier alpha value is -3.71. The Morgan fingerprint density at radius 3 is 2.23 bits per heavy atom. The van der Waals surface area contributed by atoms with Crippen molar-refractivity contribution in [3.63, 3.8) is 0 Å². The van der Waals surface area contributed by atoms with Crippen molar-refractivity contribution < 1.29 is 9.59 Å². The SMILES string of the molecule is CCCCCCN1C=C/C(=C\C(C#N)=C2C(=O)c3ccccc3C2=O)c2ccccc21. The number of ketones is 2. The van der Waals surface area contributed by atoms with Crippen molar-refractivity contribution in [3.8, 4) is 6.07 Å². The quantitative estimate of drug-likeness (QED) is 0.259. The van der Waals surface area contributed by atoms with Gasteiger partial charge >= 0.3 is 0 Å². The molecule has 0 N–H and O–H groups in total. The first-order chi connectivity index (χ1) is 15.2. The van der Waals surface area contributed by atoms with Crippen LogP contribution in [0.15, 0.2) is 78.0 Å². The maximum atomic E-state index is 12.8. The molecule has 4 rings (SSSR count). The molecule has 0 spiro atoms. The number of para-hydroxylation sites is 1. The highest BCUT2D eigenvalue weighted by Crippen LogP contribution is 2.35. The molecule has 0 aromatic heterocycles. The van der Waals surface area contributed by atoms with Crippen molar-refractivity contribution in [2.75, 3.05) is 11.4 Å². The summed E-state index contributed by atoms with van der Waals surface area (Å²) in [6.45, 7) is 3.13. The summed E-state index contributed by atoms with van der Waals surface area (Å²) in [7, 11) is 0. The van der Waals surface area contributed by atoms with Gasteiger partial charge in [-0.3, -0.25) is 9.59 Å². The number of carbonyl (C=O) groups is 2. The van der Waals surface area contributed by atoms with E-state index in [2.05, 4.69) is 24.0 Å². The number of nitriles is 1. The second kappa shape index (κ2) is 8.97. The van der Waals surface area contributed by atoms with Gasteiger partial charge in [-0.15, -0.1) is 0 Å². The Labute approximate surface area is 182 Å². The van der Waals surface area contributed by atoms with Crippen LogP contribution in [0.2, 0.25) is 0 Å². The van der Waals surface area contributed by atoms with Gasteiger partial charge in [0.15, 0.2) is 11.6 Å². The minimum absolute atomic E-state index is 0.0379. The molecule has 2 aromatic carbocycles. The smallest absolute Gasteiger partial charge is 0.199 e. The number of Topliss-reactive ketones (excluding diaryl/α,β-unsaturated/α-hetero) is 2. The normalized spacial score (nSPS) is 15.8. The summed E-state index contributed by atoms with van der Waals surface area (Å²) in [4.78, 5) is 27.9. The number of anilines is 1. The van der Waals surface area contributed by atoms with Crippen LogP contribution in [0.5, 0.6) is 0 Å². The summed E-state index contributed by atoms with van der Waals surface area (Å²) in [5, 5.41) is 9.81. The average molecular weight is 409 g/mol. The zero-order chi connectivity index (χ0) is 21.8. The van der Waals surface area contributed by atoms with Gasteiger partial charge in [0.05, 0.1) is 11.1 Å². The number of fused-ring (bicyclic) bond motifs is 2. The van der Waals surface area contributed by atoms with E-state index in [1.165, 1.54) is 19.3 Å². The topological polar surface area (TPSA) is 61.2 Å². The number of nitrogens with zero attached hydrogens (tertiary/aromatic N) is 2. The molecule has 1 aliphatic heterocycles. The van der Waals surface area contributed by atoms with Crippen LogP contribution >= 0.6 is 0 Å². The number of carbonyl (C=O) groups excluding carboxylic acids is 2. The molecule has 154 valence electrons. The fraction of sp³-hybridized carbons (Fsp3) is 0.222. The van der Waals surface area contributed by atoms with Crippen LogP contribution in [0.3, 0.4) is 0 Å². The largest absolute Gasteiger partial charge is 0.347 e. The van der Waals surface area contributed by atoms with Crippen molar-refractivity contribution >= 4 is 22.8 Å². The Balaban J connectivity index is 1.70. The third-order valence-corrected chi connectivity index (χ3v) is 5.77. The van der Waals surface area contributed by atoms with Crippen LogP contribution in [0.4, 0.5) is 5.69 Å². The fourth-order valence-electron chi connectivity index (χ4n) is 4.15. The number of benzene rings is 2. The summed E-state index contributed by atoms with van der Waals surface area (Å²) < 4.78 is 0. The van der Waals surface area contributed by atoms with Crippen LogP contribution < -0.4 is 4.90 Å². The molecule has 0 saturated heterocycles. The van der Waals surface area contributed by atoms with E-state index in [0.29, 0.717) is 11.1 Å². The summed E-state index contributed by atoms with van der Waals surface area (Å²) in [5.41, 5.74) is 3.69. The van der Waals surface area contributed by atoms with Crippen molar-refractivity contribution in [2.45, 2.75) is 32.6 Å². The Morgan fingerprint density at radius 2 is 1.58 bits per heavy atom. The second-order valence-corrected chi connectivity index (χ2v) is 7.79. The van der Waals surface area contributed by atoms with E-state index in [1.807, 2.05) is 30.5 Å². The highest BCUT2D eigenvalue weighted by molar-refractivity contribution is 6.40. The Kier molecular flexibility index (Phi) is 5.95. The Morgan fingerprint density at radius 1 is 0.935 bits per heavy atom. The molecule has 0 bridgehead atoms. The summed E-state index contributed by atoms with van der Waals surface area (Å²) in [6.07, 6.45) is 10.4. The van der Waals surface area contributed by atoms with Crippen molar-refractivity contribution in [1.82, 2.24) is 0 Å². The number of allylic oxidation sites excluding steroid dienone is 5. The van der Waals surface area contributed by atoms with Crippen molar-refractivity contribution in [3.05, 3.63) is 94.7 Å². The van der Waals surface area contributed by atoms with Gasteiger partial charge in [-0.2, -0.15) is 5.26 Å². The van der Waals surface area contributed by atoms with E-state index in [1.54, 1.807) is 30.3 Å². The molecule has 2 aliphatic rings. The second-order valence-electron chi connectivity index (χ2n) is 7.79. The fourth-order valence-corrected chi connectivity index (χ4v) is 4.15. The maximum Gasteiger partial charge on any atom is 0.199 e. The molecule has 4 nitrogen and oxygen atoms in total. The average Bonchev–Trinajstić information content (AvgIpc) is 3.06. The molecule has 2 aromatic rings. The molecule has 0 saturated carbocycles. The predicted octanol–water partition coefficient (Wildman–Crippen LogP) is 5.88. The van der Waals surface area contributed by atoms with Crippen molar-refractivity contribution in [1.29, 1.82) is 5.26 Å². The van der Waals surface area contributed by atoms with Crippen molar-refractivity contribution in [2.24, 2.45) is 0 Å². The number of rotatable bonds is 6. The van der Waals surface area contributed by atoms with Crippen LogP contribution in [-0.2, 0) is 0 Å². The van der Waals surface area contributed by atoms with Crippen LogP contribution in [0, 0.1) is 11.3 Å². The van der Waals surface area contributed by atoms with Gasteiger partial charge in [-0.25, -0.2) is 0 Å². The molecule has 31 heavy (non-hydrogen) atoms. The lowest BCUT2D eigenvalue weighted by Gasteiger charge is -2.27. The van der Waals surface area contributed by atoms with Crippen LogP contribution in [0.1, 0.15) is 58.9 Å². The molecular weight excluding hydrogens is 384 g/mol. The number of hydrogen-bond acceptors (Lipinski definition) is 4. The van der Waals surface area contributed by atoms with E-state index in [9.17, 15) is 14.9 Å². The zero-order valence-electron chi connectivity index (χ0n) is 17.6. The Bertz CT molecular complexity index is 1140.